The summed E-state index contributed by atoms with van der Waals surface area (Å²) in [6, 6.07) is 11.0. The maximum atomic E-state index is 14.1. The lowest BCUT2D eigenvalue weighted by Crippen LogP contribution is -2.18. The molecule has 3 aliphatic rings. The van der Waals surface area contributed by atoms with Gasteiger partial charge in [0.15, 0.2) is 11.6 Å². The second-order valence-electron chi connectivity index (χ2n) is 9.78. The number of halogens is 4. The summed E-state index contributed by atoms with van der Waals surface area (Å²) < 4.78 is 83.5. The highest BCUT2D eigenvalue weighted by Crippen LogP contribution is 2.39. The third-order valence-electron chi connectivity index (χ3n) is 6.72. The van der Waals surface area contributed by atoms with Crippen LogP contribution in [0.2, 0.25) is 0 Å². The Hall–Kier alpha value is -4.92. The number of aryl methyl sites for hydroxylation is 1. The summed E-state index contributed by atoms with van der Waals surface area (Å²) in [5.41, 5.74) is 2.04. The first-order valence-corrected chi connectivity index (χ1v) is 14.6. The highest BCUT2D eigenvalue weighted by Gasteiger charge is 2.31. The normalized spacial score (nSPS) is 13.7. The van der Waals surface area contributed by atoms with E-state index in [4.69, 9.17) is 0 Å². The molecule has 0 aliphatic carbocycles. The fourth-order valence-corrected chi connectivity index (χ4v) is 5.90. The smallest absolute Gasteiger partial charge is 0.369 e. The second kappa shape index (κ2) is 10.7. The quantitative estimate of drug-likeness (QED) is 0.262. The first-order chi connectivity index (χ1) is 20.5. The van der Waals surface area contributed by atoms with Crippen LogP contribution in [0, 0.1) is 12.7 Å². The number of fused-ring (bicyclic) bond motifs is 3. The van der Waals surface area contributed by atoms with Crippen LogP contribution >= 0.6 is 0 Å². The number of benzene rings is 1. The van der Waals surface area contributed by atoms with Gasteiger partial charge in [-0.2, -0.15) is 23.1 Å². The predicted octanol–water partition coefficient (Wildman–Crippen LogP) is 4.91. The third-order valence-corrected chi connectivity index (χ3v) is 7.94. The molecule has 5 heterocycles. The van der Waals surface area contributed by atoms with Crippen LogP contribution in [-0.4, -0.2) is 39.5 Å². The molecule has 0 fully saturated rings. The third kappa shape index (κ3) is 5.88. The molecule has 0 unspecified atom stereocenters. The zero-order valence-corrected chi connectivity index (χ0v) is 23.2. The molecule has 3 aliphatic heterocycles. The van der Waals surface area contributed by atoms with E-state index in [2.05, 4.69) is 35.0 Å². The molecular formula is C28H22F4N8O2S. The highest BCUT2D eigenvalue weighted by molar-refractivity contribution is 7.91. The Balaban J connectivity index is 1.35. The zero-order valence-electron chi connectivity index (χ0n) is 22.4. The lowest BCUT2D eigenvalue weighted by Gasteiger charge is -2.19. The van der Waals surface area contributed by atoms with E-state index in [-0.39, 0.29) is 22.8 Å². The molecule has 10 nitrogen and oxygen atoms in total. The van der Waals surface area contributed by atoms with Crippen molar-refractivity contribution in [3.05, 3.63) is 95.4 Å². The van der Waals surface area contributed by atoms with Gasteiger partial charge >= 0.3 is 6.18 Å². The Morgan fingerprint density at radius 3 is 2.67 bits per heavy atom. The molecule has 0 radical (unpaired) electrons. The van der Waals surface area contributed by atoms with Crippen LogP contribution in [0.25, 0.3) is 22.5 Å². The fraction of sp³-hybridized carbons (Fsp3) is 0.179. The van der Waals surface area contributed by atoms with Crippen molar-refractivity contribution in [2.45, 2.75) is 25.4 Å². The van der Waals surface area contributed by atoms with Crippen LogP contribution in [0.1, 0.15) is 16.8 Å². The largest absolute Gasteiger partial charge is 0.416 e. The van der Waals surface area contributed by atoms with Gasteiger partial charge in [-0.05, 0) is 60.5 Å². The number of rotatable bonds is 6. The number of pyridine rings is 3. The van der Waals surface area contributed by atoms with Gasteiger partial charge in [-0.15, -0.1) is 0 Å². The molecule has 1 aromatic carbocycles. The number of sulfonamides is 1. The highest BCUT2D eigenvalue weighted by atomic mass is 32.2. The molecule has 0 spiro atoms. The number of anilines is 2. The summed E-state index contributed by atoms with van der Waals surface area (Å²) in [6.07, 6.45) is -0.697. The minimum absolute atomic E-state index is 0.0438. The van der Waals surface area contributed by atoms with E-state index >= 15 is 0 Å². The maximum absolute atomic E-state index is 14.1. The number of hydrogen-bond acceptors (Lipinski definition) is 8. The van der Waals surface area contributed by atoms with Gasteiger partial charge in [0.05, 0.1) is 11.3 Å². The molecule has 0 amide bonds. The monoisotopic (exact) mass is 610 g/mol. The van der Waals surface area contributed by atoms with E-state index < -0.39 is 33.3 Å². The van der Waals surface area contributed by atoms with Crippen LogP contribution < -0.4 is 15.7 Å². The van der Waals surface area contributed by atoms with Gasteiger partial charge in [0.25, 0.3) is 5.62 Å². The van der Waals surface area contributed by atoms with Crippen LogP contribution in [0.4, 0.5) is 34.9 Å². The lowest BCUT2D eigenvalue weighted by molar-refractivity contribution is -0.137. The molecule has 0 bridgehead atoms. The van der Waals surface area contributed by atoms with Gasteiger partial charge in [0, 0.05) is 48.5 Å². The number of hydrogen-bond donors (Lipinski definition) is 2. The van der Waals surface area contributed by atoms with Gasteiger partial charge in [-0.25, -0.2) is 22.8 Å². The van der Waals surface area contributed by atoms with Gasteiger partial charge < -0.3 is 9.88 Å². The topological polar surface area (TPSA) is 127 Å². The maximum Gasteiger partial charge on any atom is 0.416 e. The van der Waals surface area contributed by atoms with Crippen LogP contribution in [-0.2, 0) is 28.5 Å². The van der Waals surface area contributed by atoms with Crippen molar-refractivity contribution in [2.75, 3.05) is 16.6 Å². The van der Waals surface area contributed by atoms with E-state index in [9.17, 15) is 26.0 Å². The number of aromatic nitrogens is 5. The Labute approximate surface area is 242 Å². The van der Waals surface area contributed by atoms with Crippen molar-refractivity contribution in [3.8, 4) is 22.5 Å². The van der Waals surface area contributed by atoms with E-state index in [1.54, 1.807) is 24.4 Å². The molecule has 0 atom stereocenters. The molecule has 3 aromatic rings. The molecule has 2 aromatic heterocycles. The Morgan fingerprint density at radius 1 is 1.05 bits per heavy atom. The first kappa shape index (κ1) is 28.2. The van der Waals surface area contributed by atoms with E-state index in [0.29, 0.717) is 36.1 Å². The molecular weight excluding hydrogens is 588 g/mol. The van der Waals surface area contributed by atoms with Crippen LogP contribution in [0.3, 0.4) is 0 Å². The summed E-state index contributed by atoms with van der Waals surface area (Å²) in [6.45, 7) is 3.05. The van der Waals surface area contributed by atoms with Crippen molar-refractivity contribution >= 4 is 27.3 Å². The van der Waals surface area contributed by atoms with E-state index in [0.717, 1.165) is 29.2 Å². The van der Waals surface area contributed by atoms with Crippen LogP contribution in [0.15, 0.2) is 72.1 Å². The molecule has 0 saturated carbocycles. The van der Waals surface area contributed by atoms with Crippen LogP contribution in [0.5, 0.6) is 0 Å². The fourth-order valence-electron chi connectivity index (χ4n) is 4.79. The van der Waals surface area contributed by atoms with Crippen molar-refractivity contribution in [1.29, 1.82) is 0 Å². The van der Waals surface area contributed by atoms with Gasteiger partial charge in [-0.3, -0.25) is 9.71 Å². The molecule has 43 heavy (non-hydrogen) atoms. The minimum Gasteiger partial charge on any atom is -0.369 e. The summed E-state index contributed by atoms with van der Waals surface area (Å²) in [7, 11) is -4.10. The van der Waals surface area contributed by atoms with E-state index in [1.165, 1.54) is 18.3 Å². The summed E-state index contributed by atoms with van der Waals surface area (Å²) in [5, 5.41) is 3.34. The summed E-state index contributed by atoms with van der Waals surface area (Å²) in [4.78, 5) is 20.7. The second-order valence-corrected chi connectivity index (χ2v) is 11.5. The molecule has 220 valence electrons. The number of nitrogens with one attached hydrogen (secondary N) is 2. The molecule has 0 saturated heterocycles. The molecule has 15 heteroatoms. The lowest BCUT2D eigenvalue weighted by atomic mass is 9.98. The Bertz CT molecular complexity index is 2010. The van der Waals surface area contributed by atoms with Crippen molar-refractivity contribution in [3.63, 3.8) is 0 Å². The number of alkyl halides is 3. The van der Waals surface area contributed by atoms with E-state index in [1.807, 2.05) is 17.6 Å². The first-order valence-electron chi connectivity index (χ1n) is 12.9. The van der Waals surface area contributed by atoms with Crippen molar-refractivity contribution in [2.24, 2.45) is 4.99 Å². The van der Waals surface area contributed by atoms with Crippen molar-refractivity contribution < 1.29 is 26.0 Å². The standard InChI is InChI=1S/C28H22F4N8O2S/c1-16-4-5-19(39-43(41,42)15-20-12-18(6-8-33-20)28(30,31)32)13-21(16)22-11-17-14-36-27(37-24-23(29)3-2-7-34-24)38-25(17)40-10-9-35-26(22)40/h2-8,11-14,35,39H,9-10,15H2,1H3/b37-27+. The average molecular weight is 611 g/mol. The SMILES string of the molecule is Cc1ccc(NS(=O)(=O)Cc2cc(C(F)(F)F)ccn2)cc1-c1cc2cn/c(=N\c3ncccc3F)nc-2n2c1NCC2. The Morgan fingerprint density at radius 2 is 1.88 bits per heavy atom. The van der Waals surface area contributed by atoms with Gasteiger partial charge in [-0.1, -0.05) is 6.07 Å². The Kier molecular flexibility index (Phi) is 7.04. The average Bonchev–Trinajstić information content (AvgIpc) is 3.45. The van der Waals surface area contributed by atoms with Gasteiger partial charge in [0.1, 0.15) is 17.4 Å². The molecule has 2 N–H and O–H groups in total. The van der Waals surface area contributed by atoms with Gasteiger partial charge in [0.2, 0.25) is 10.0 Å². The summed E-state index contributed by atoms with van der Waals surface area (Å²) in [5.74, 6) is -0.166. The summed E-state index contributed by atoms with van der Waals surface area (Å²) >= 11 is 0. The molecule has 6 rings (SSSR count). The number of nitrogens with zero attached hydrogens (tertiary/aromatic N) is 6. The van der Waals surface area contributed by atoms with Crippen molar-refractivity contribution in [1.82, 2.24) is 24.5 Å². The minimum atomic E-state index is -4.62. The zero-order chi connectivity index (χ0) is 30.4. The predicted molar refractivity (Wildman–Crippen MR) is 150 cm³/mol.